The van der Waals surface area contributed by atoms with E-state index in [2.05, 4.69) is 4.72 Å². The molecule has 5 N–H and O–H groups in total. The van der Waals surface area contributed by atoms with Crippen LogP contribution in [0.25, 0.3) is 0 Å². The zero-order valence-corrected chi connectivity index (χ0v) is 12.3. The topological polar surface area (TPSA) is 139 Å². The molecule has 0 bridgehead atoms. The maximum atomic E-state index is 12.1. The molecule has 118 valence electrons. The average molecular weight is 318 g/mol. The minimum Gasteiger partial charge on any atom is -0.478 e. The Hall–Kier alpha value is -1.68. The first-order chi connectivity index (χ1) is 9.77. The molecule has 0 aliphatic heterocycles. The first-order valence-corrected chi connectivity index (χ1v) is 7.55. The third kappa shape index (κ3) is 4.97. The van der Waals surface area contributed by atoms with Gasteiger partial charge in [0.25, 0.3) is 0 Å². The fourth-order valence-electron chi connectivity index (χ4n) is 1.66. The number of sulfonamides is 1. The van der Waals surface area contributed by atoms with E-state index in [1.54, 1.807) is 0 Å². The molecule has 0 saturated carbocycles. The van der Waals surface area contributed by atoms with E-state index >= 15 is 0 Å². The summed E-state index contributed by atoms with van der Waals surface area (Å²) in [4.78, 5) is 10.7. The van der Waals surface area contributed by atoms with Crippen LogP contribution in [0.1, 0.15) is 16.8 Å². The van der Waals surface area contributed by atoms with Crippen molar-refractivity contribution in [2.75, 3.05) is 26.0 Å². The van der Waals surface area contributed by atoms with E-state index in [-0.39, 0.29) is 30.2 Å². The number of hydrogen-bond donors (Lipinski definition) is 4. The summed E-state index contributed by atoms with van der Waals surface area (Å²) in [6, 6.07) is 3.52. The van der Waals surface area contributed by atoms with Crippen LogP contribution in [0.3, 0.4) is 0 Å². The van der Waals surface area contributed by atoms with Gasteiger partial charge in [-0.1, -0.05) is 0 Å². The Morgan fingerprint density at radius 1 is 1.48 bits per heavy atom. The number of carboxylic acid groups (broad SMARTS) is 1. The van der Waals surface area contributed by atoms with Crippen LogP contribution in [0.4, 0.5) is 5.69 Å². The molecule has 0 spiro atoms. The molecule has 1 unspecified atom stereocenters. The number of nitrogens with one attached hydrogen (secondary N) is 1. The lowest BCUT2D eigenvalue weighted by Crippen LogP contribution is -2.29. The largest absolute Gasteiger partial charge is 0.478 e. The van der Waals surface area contributed by atoms with Crippen molar-refractivity contribution in [3.05, 3.63) is 23.8 Å². The van der Waals surface area contributed by atoms with Gasteiger partial charge in [-0.2, -0.15) is 0 Å². The average Bonchev–Trinajstić information content (AvgIpc) is 2.38. The fourth-order valence-corrected chi connectivity index (χ4v) is 2.89. The highest BCUT2D eigenvalue weighted by molar-refractivity contribution is 7.89. The summed E-state index contributed by atoms with van der Waals surface area (Å²) in [6.07, 6.45) is -0.659. The molecule has 8 nitrogen and oxygen atoms in total. The second-order valence-electron chi connectivity index (χ2n) is 4.36. The normalized spacial score (nSPS) is 13.0. The lowest BCUT2D eigenvalue weighted by molar-refractivity contribution is 0.0603. The molecule has 1 aromatic carbocycles. The Morgan fingerprint density at radius 2 is 2.14 bits per heavy atom. The van der Waals surface area contributed by atoms with Gasteiger partial charge in [0.2, 0.25) is 10.0 Å². The lowest BCUT2D eigenvalue weighted by atomic mass is 10.2. The van der Waals surface area contributed by atoms with Crippen LogP contribution < -0.4 is 10.5 Å². The monoisotopic (exact) mass is 318 g/mol. The molecule has 9 heteroatoms. The van der Waals surface area contributed by atoms with E-state index in [0.717, 1.165) is 12.1 Å². The van der Waals surface area contributed by atoms with Crippen molar-refractivity contribution < 1.29 is 28.2 Å². The van der Waals surface area contributed by atoms with E-state index in [1.165, 1.54) is 13.2 Å². The lowest BCUT2D eigenvalue weighted by Gasteiger charge is -2.12. The predicted molar refractivity (Wildman–Crippen MR) is 75.5 cm³/mol. The van der Waals surface area contributed by atoms with Gasteiger partial charge in [0.1, 0.15) is 0 Å². The maximum Gasteiger partial charge on any atom is 0.337 e. The first-order valence-electron chi connectivity index (χ1n) is 6.07. The highest BCUT2D eigenvalue weighted by atomic mass is 32.2. The molecule has 0 aliphatic rings. The molecule has 0 radical (unpaired) electrons. The third-order valence-corrected chi connectivity index (χ3v) is 4.17. The molecule has 1 atom stereocenters. The maximum absolute atomic E-state index is 12.1. The fraction of sp³-hybridized carbons (Fsp3) is 0.417. The van der Waals surface area contributed by atoms with Gasteiger partial charge in [-0.05, 0) is 24.6 Å². The van der Waals surface area contributed by atoms with Crippen molar-refractivity contribution in [3.8, 4) is 0 Å². The van der Waals surface area contributed by atoms with Gasteiger partial charge in [-0.15, -0.1) is 0 Å². The molecule has 0 heterocycles. The van der Waals surface area contributed by atoms with Gasteiger partial charge in [-0.25, -0.2) is 17.9 Å². The summed E-state index contributed by atoms with van der Waals surface area (Å²) in [5, 5.41) is 18.5. The Balaban J connectivity index is 2.86. The summed E-state index contributed by atoms with van der Waals surface area (Å²) < 4.78 is 31.1. The minimum absolute atomic E-state index is 0.0453. The highest BCUT2D eigenvalue weighted by Crippen LogP contribution is 2.18. The molecule has 0 aliphatic carbocycles. The smallest absolute Gasteiger partial charge is 0.337 e. The Bertz CT molecular complexity index is 602. The molecule has 0 saturated heterocycles. The standard InChI is InChI=1S/C12H18N2O6S/c1-20-7-9(15)4-5-14-21(18,19)11-3-2-8(13)6-10(11)12(16)17/h2-3,6,9,14-15H,4-5,7,13H2,1H3,(H,16,17). The zero-order valence-electron chi connectivity index (χ0n) is 11.4. The number of carbonyl (C=O) groups is 1. The molecular formula is C12H18N2O6S. The molecule has 1 aromatic rings. The van der Waals surface area contributed by atoms with Crippen molar-refractivity contribution in [2.24, 2.45) is 0 Å². The predicted octanol–water partition coefficient (Wildman–Crippen LogP) is -0.357. The van der Waals surface area contributed by atoms with Crippen LogP contribution >= 0.6 is 0 Å². The Kier molecular flexibility index (Phi) is 6.09. The zero-order chi connectivity index (χ0) is 16.0. The molecule has 0 amide bonds. The van der Waals surface area contributed by atoms with Gasteiger partial charge < -0.3 is 20.7 Å². The summed E-state index contributed by atoms with van der Waals surface area (Å²) in [7, 11) is -2.58. The van der Waals surface area contributed by atoms with E-state index in [1.807, 2.05) is 0 Å². The van der Waals surface area contributed by atoms with Crippen LogP contribution in [0.15, 0.2) is 23.1 Å². The van der Waals surface area contributed by atoms with E-state index in [4.69, 9.17) is 15.6 Å². The van der Waals surface area contributed by atoms with E-state index in [0.29, 0.717) is 0 Å². The van der Waals surface area contributed by atoms with Gasteiger partial charge in [0.05, 0.1) is 23.2 Å². The number of anilines is 1. The van der Waals surface area contributed by atoms with Gasteiger partial charge >= 0.3 is 5.97 Å². The summed E-state index contributed by atoms with van der Waals surface area (Å²) in [5.41, 5.74) is 5.21. The number of nitrogens with two attached hydrogens (primary N) is 1. The first kappa shape index (κ1) is 17.4. The number of aliphatic hydroxyl groups is 1. The number of aromatic carboxylic acids is 1. The van der Waals surface area contributed by atoms with Crippen LogP contribution in [0.5, 0.6) is 0 Å². The van der Waals surface area contributed by atoms with E-state index < -0.39 is 27.7 Å². The van der Waals surface area contributed by atoms with Gasteiger partial charge in [0.15, 0.2) is 0 Å². The Morgan fingerprint density at radius 3 is 2.71 bits per heavy atom. The summed E-state index contributed by atoms with van der Waals surface area (Å²) >= 11 is 0. The van der Waals surface area contributed by atoms with Crippen LogP contribution in [0, 0.1) is 0 Å². The second-order valence-corrected chi connectivity index (χ2v) is 6.09. The van der Waals surface area contributed by atoms with Crippen molar-refractivity contribution in [1.29, 1.82) is 0 Å². The number of aliphatic hydroxyl groups excluding tert-OH is 1. The number of rotatable bonds is 8. The van der Waals surface area contributed by atoms with Crippen LogP contribution in [-0.4, -0.2) is 51.0 Å². The number of carboxylic acids is 1. The highest BCUT2D eigenvalue weighted by Gasteiger charge is 2.22. The van der Waals surface area contributed by atoms with Crippen LogP contribution in [-0.2, 0) is 14.8 Å². The van der Waals surface area contributed by atoms with Gasteiger partial charge in [-0.3, -0.25) is 0 Å². The minimum atomic E-state index is -4.00. The van der Waals surface area contributed by atoms with Crippen molar-refractivity contribution in [2.45, 2.75) is 17.4 Å². The van der Waals surface area contributed by atoms with Crippen molar-refractivity contribution in [1.82, 2.24) is 4.72 Å². The van der Waals surface area contributed by atoms with E-state index in [9.17, 15) is 18.3 Å². The molecule has 0 fully saturated rings. The third-order valence-electron chi connectivity index (χ3n) is 2.65. The molecular weight excluding hydrogens is 300 g/mol. The van der Waals surface area contributed by atoms with Crippen molar-refractivity contribution >= 4 is 21.7 Å². The molecule has 0 aromatic heterocycles. The quantitative estimate of drug-likeness (QED) is 0.480. The number of hydrogen-bond acceptors (Lipinski definition) is 6. The van der Waals surface area contributed by atoms with Crippen LogP contribution in [0.2, 0.25) is 0 Å². The number of benzene rings is 1. The Labute approximate surface area is 122 Å². The van der Waals surface area contributed by atoms with Gasteiger partial charge in [0, 0.05) is 19.3 Å². The number of nitrogen functional groups attached to an aromatic ring is 1. The number of methoxy groups -OCH3 is 1. The summed E-state index contributed by atoms with van der Waals surface area (Å²) in [5.74, 6) is -1.39. The summed E-state index contributed by atoms with van der Waals surface area (Å²) in [6.45, 7) is 0.0419. The van der Waals surface area contributed by atoms with Crippen molar-refractivity contribution in [3.63, 3.8) is 0 Å². The number of ether oxygens (including phenoxy) is 1. The second kappa shape index (κ2) is 7.36. The molecule has 1 rings (SSSR count). The molecule has 21 heavy (non-hydrogen) atoms. The SMILES string of the molecule is COCC(O)CCNS(=O)(=O)c1ccc(N)cc1C(=O)O.